The normalized spacial score (nSPS) is 33.0. The number of rotatable bonds is 3. The van der Waals surface area contributed by atoms with Crippen LogP contribution < -0.4 is 0 Å². The number of aliphatic hydroxyl groups is 1. The van der Waals surface area contributed by atoms with Crippen molar-refractivity contribution in [3.8, 4) is 0 Å². The van der Waals surface area contributed by atoms with Gasteiger partial charge < -0.3 is 19.3 Å². The lowest BCUT2D eigenvalue weighted by Gasteiger charge is -2.22. The molecule has 0 aromatic heterocycles. The van der Waals surface area contributed by atoms with E-state index in [4.69, 9.17) is 14.2 Å². The molecule has 1 fully saturated rings. The molecule has 2 bridgehead atoms. The van der Waals surface area contributed by atoms with Crippen LogP contribution in [0.2, 0.25) is 0 Å². The number of ether oxygens (including phenoxy) is 3. The van der Waals surface area contributed by atoms with Crippen molar-refractivity contribution in [2.45, 2.75) is 45.0 Å². The minimum absolute atomic E-state index is 0.218. The van der Waals surface area contributed by atoms with E-state index in [0.29, 0.717) is 18.4 Å². The number of hydrogen-bond donors (Lipinski definition) is 1. The molecular weight excluding hydrogens is 340 g/mol. The minimum atomic E-state index is -0.764. The largest absolute Gasteiger partial charge is 0.457 e. The Bertz CT molecular complexity index is 715. The molecule has 0 unspecified atom stereocenters. The van der Waals surface area contributed by atoms with E-state index in [1.165, 1.54) is 0 Å². The van der Waals surface area contributed by atoms with Gasteiger partial charge in [-0.1, -0.05) is 20.4 Å². The highest BCUT2D eigenvalue weighted by Gasteiger charge is 2.47. The van der Waals surface area contributed by atoms with Crippen LogP contribution in [0.3, 0.4) is 0 Å². The number of fused-ring (bicyclic) bond motifs is 3. The Morgan fingerprint density at radius 3 is 2.58 bits per heavy atom. The van der Waals surface area contributed by atoms with Crippen LogP contribution in [0.1, 0.15) is 26.7 Å². The van der Waals surface area contributed by atoms with E-state index in [1.54, 1.807) is 26.0 Å². The average molecular weight is 362 g/mol. The number of aliphatic hydroxyl groups excluding tert-OH is 1. The lowest BCUT2D eigenvalue weighted by Crippen LogP contribution is -2.28. The van der Waals surface area contributed by atoms with E-state index in [0.717, 1.165) is 0 Å². The van der Waals surface area contributed by atoms with Crippen LogP contribution in [0.4, 0.5) is 0 Å². The fourth-order valence-corrected chi connectivity index (χ4v) is 3.33. The molecule has 3 rings (SSSR count). The van der Waals surface area contributed by atoms with Crippen molar-refractivity contribution >= 4 is 17.9 Å². The molecule has 7 heteroatoms. The first-order chi connectivity index (χ1) is 12.3. The average Bonchev–Trinajstić information content (AvgIpc) is 3.09. The first-order valence-corrected chi connectivity index (χ1v) is 8.65. The Labute approximate surface area is 151 Å². The molecule has 0 aromatic rings. The molecule has 2 heterocycles. The predicted molar refractivity (Wildman–Crippen MR) is 89.6 cm³/mol. The fourth-order valence-electron chi connectivity index (χ4n) is 3.33. The highest BCUT2D eigenvalue weighted by atomic mass is 16.6. The third-order valence-electron chi connectivity index (χ3n) is 4.85. The Morgan fingerprint density at radius 2 is 1.92 bits per heavy atom. The summed E-state index contributed by atoms with van der Waals surface area (Å²) in [5.74, 6) is -2.44. The second-order valence-electron chi connectivity index (χ2n) is 7.01. The molecule has 140 valence electrons. The summed E-state index contributed by atoms with van der Waals surface area (Å²) in [6.07, 6.45) is 1.84. The van der Waals surface area contributed by atoms with Crippen molar-refractivity contribution in [1.29, 1.82) is 0 Å². The number of carbonyl (C=O) groups excluding carboxylic acids is 3. The van der Waals surface area contributed by atoms with Crippen LogP contribution in [-0.4, -0.2) is 47.9 Å². The summed E-state index contributed by atoms with van der Waals surface area (Å²) in [5.41, 5.74) is 1.12. The van der Waals surface area contributed by atoms with Gasteiger partial charge in [-0.25, -0.2) is 9.59 Å². The van der Waals surface area contributed by atoms with Crippen LogP contribution in [0.25, 0.3) is 0 Å². The lowest BCUT2D eigenvalue weighted by molar-refractivity contribution is -0.153. The van der Waals surface area contributed by atoms with Gasteiger partial charge in [0, 0.05) is 5.57 Å². The summed E-state index contributed by atoms with van der Waals surface area (Å²) >= 11 is 0. The van der Waals surface area contributed by atoms with E-state index in [9.17, 15) is 19.5 Å². The smallest absolute Gasteiger partial charge is 0.338 e. The third kappa shape index (κ3) is 3.31. The number of hydrogen-bond acceptors (Lipinski definition) is 7. The molecule has 3 aliphatic rings. The van der Waals surface area contributed by atoms with Crippen LogP contribution >= 0.6 is 0 Å². The Morgan fingerprint density at radius 1 is 1.27 bits per heavy atom. The van der Waals surface area contributed by atoms with Crippen molar-refractivity contribution in [3.63, 3.8) is 0 Å². The summed E-state index contributed by atoms with van der Waals surface area (Å²) in [6, 6.07) is 0. The molecule has 0 saturated carbocycles. The lowest BCUT2D eigenvalue weighted by atomic mass is 9.87. The van der Waals surface area contributed by atoms with Gasteiger partial charge in [-0.15, -0.1) is 0 Å². The first kappa shape index (κ1) is 18.4. The molecule has 2 aliphatic heterocycles. The van der Waals surface area contributed by atoms with Gasteiger partial charge in [0.05, 0.1) is 24.0 Å². The molecule has 4 atom stereocenters. The van der Waals surface area contributed by atoms with Crippen LogP contribution in [0, 0.1) is 11.8 Å². The fraction of sp³-hybridized carbons (Fsp3) is 0.526. The third-order valence-corrected chi connectivity index (χ3v) is 4.85. The molecule has 7 nitrogen and oxygen atoms in total. The highest BCUT2D eigenvalue weighted by Crippen LogP contribution is 2.38. The maximum absolute atomic E-state index is 12.4. The van der Waals surface area contributed by atoms with Gasteiger partial charge in [-0.2, -0.15) is 0 Å². The summed E-state index contributed by atoms with van der Waals surface area (Å²) in [7, 11) is 0. The monoisotopic (exact) mass is 362 g/mol. The summed E-state index contributed by atoms with van der Waals surface area (Å²) in [5, 5.41) is 9.63. The SMILES string of the molecule is C=C1C(=O)O[C@@H]2/C=C(\CO)CC[C@@H](OC(=O)C(C)C)C3=C[C@@H](OC3=O)[C@@H]12. The van der Waals surface area contributed by atoms with E-state index in [2.05, 4.69) is 6.58 Å². The highest BCUT2D eigenvalue weighted by molar-refractivity contribution is 5.94. The summed E-state index contributed by atoms with van der Waals surface area (Å²) in [6.45, 7) is 6.95. The molecule has 0 spiro atoms. The van der Waals surface area contributed by atoms with E-state index in [-0.39, 0.29) is 23.7 Å². The van der Waals surface area contributed by atoms with Gasteiger partial charge in [0.25, 0.3) is 0 Å². The van der Waals surface area contributed by atoms with Crippen molar-refractivity contribution < 1.29 is 33.7 Å². The van der Waals surface area contributed by atoms with Crippen LogP contribution in [0.5, 0.6) is 0 Å². The molecule has 0 amide bonds. The topological polar surface area (TPSA) is 99.1 Å². The van der Waals surface area contributed by atoms with Gasteiger partial charge in [-0.05, 0) is 30.6 Å². The van der Waals surface area contributed by atoms with Crippen LogP contribution in [0.15, 0.2) is 35.5 Å². The minimum Gasteiger partial charge on any atom is -0.457 e. The van der Waals surface area contributed by atoms with Crippen molar-refractivity contribution in [2.75, 3.05) is 6.61 Å². The Hall–Kier alpha value is -2.41. The Balaban J connectivity index is 1.97. The number of carbonyl (C=O) groups is 3. The zero-order valence-corrected chi connectivity index (χ0v) is 14.8. The molecule has 0 radical (unpaired) electrons. The van der Waals surface area contributed by atoms with Gasteiger partial charge in [-0.3, -0.25) is 4.79 Å². The van der Waals surface area contributed by atoms with E-state index >= 15 is 0 Å². The summed E-state index contributed by atoms with van der Waals surface area (Å²) < 4.78 is 16.2. The zero-order valence-electron chi connectivity index (χ0n) is 14.8. The predicted octanol–water partition coefficient (Wildman–Crippen LogP) is 1.22. The zero-order chi connectivity index (χ0) is 19.0. The summed E-state index contributed by atoms with van der Waals surface area (Å²) in [4.78, 5) is 36.3. The van der Waals surface area contributed by atoms with E-state index < -0.39 is 42.1 Å². The molecule has 1 N–H and O–H groups in total. The van der Waals surface area contributed by atoms with Crippen molar-refractivity contribution in [2.24, 2.45) is 11.8 Å². The molecular formula is C19H22O7. The van der Waals surface area contributed by atoms with Gasteiger partial charge in [0.1, 0.15) is 18.3 Å². The van der Waals surface area contributed by atoms with Crippen molar-refractivity contribution in [1.82, 2.24) is 0 Å². The maximum Gasteiger partial charge on any atom is 0.338 e. The molecule has 0 aromatic carbocycles. The molecule has 1 aliphatic carbocycles. The second kappa shape index (κ2) is 7.07. The van der Waals surface area contributed by atoms with Crippen molar-refractivity contribution in [3.05, 3.63) is 35.5 Å². The van der Waals surface area contributed by atoms with Gasteiger partial charge in [0.15, 0.2) is 0 Å². The van der Waals surface area contributed by atoms with Gasteiger partial charge >= 0.3 is 17.9 Å². The van der Waals surface area contributed by atoms with Crippen LogP contribution in [-0.2, 0) is 28.6 Å². The van der Waals surface area contributed by atoms with E-state index in [1.807, 2.05) is 0 Å². The first-order valence-electron chi connectivity index (χ1n) is 8.65. The quantitative estimate of drug-likeness (QED) is 0.349. The standard InChI is InChI=1S/C19H22O7/c1-9(2)17(21)24-13-5-4-11(8-20)6-14-16(10(3)18(22)25-14)15-7-12(13)19(23)26-15/h6-7,9,13-16,20H,3-5,8H2,1-2H3/b11-6-/t13-,14-,15-,16+/m1/s1. The maximum atomic E-state index is 12.4. The Kier molecular flexibility index (Phi) is 5.00. The number of esters is 3. The molecule has 1 saturated heterocycles. The second-order valence-corrected chi connectivity index (χ2v) is 7.01. The molecule has 26 heavy (non-hydrogen) atoms. The van der Waals surface area contributed by atoms with Gasteiger partial charge in [0.2, 0.25) is 0 Å².